The number of carbonyl (C=O) groups is 1. The van der Waals surface area contributed by atoms with Crippen molar-refractivity contribution in [3.05, 3.63) is 0 Å². The molecule has 1 rings (SSSR count). The molecule has 20 heavy (non-hydrogen) atoms. The molecular weight excluding hydrogens is 248 g/mol. The van der Waals surface area contributed by atoms with Crippen LogP contribution in [0.1, 0.15) is 84.5 Å². The second kappa shape index (κ2) is 11.0. The Morgan fingerprint density at radius 3 is 1.80 bits per heavy atom. The summed E-state index contributed by atoms with van der Waals surface area (Å²) >= 11 is 0. The molecule has 3 heteroatoms. The summed E-state index contributed by atoms with van der Waals surface area (Å²) in [5, 5.41) is 6.14. The van der Waals surface area contributed by atoms with E-state index < -0.39 is 0 Å². The molecule has 0 aromatic heterocycles. The smallest absolute Gasteiger partial charge is 0.315 e. The average molecular weight is 282 g/mol. The fourth-order valence-electron chi connectivity index (χ4n) is 2.84. The molecule has 0 bridgehead atoms. The zero-order valence-electron chi connectivity index (χ0n) is 13.5. The van der Waals surface area contributed by atoms with E-state index in [1.165, 1.54) is 57.8 Å². The summed E-state index contributed by atoms with van der Waals surface area (Å²) in [6.45, 7) is 5.00. The monoisotopic (exact) mass is 282 g/mol. The molecule has 0 aromatic carbocycles. The van der Waals surface area contributed by atoms with Crippen molar-refractivity contribution in [3.63, 3.8) is 0 Å². The van der Waals surface area contributed by atoms with Gasteiger partial charge in [-0.3, -0.25) is 0 Å². The third kappa shape index (κ3) is 9.22. The van der Waals surface area contributed by atoms with Crippen LogP contribution in [0.2, 0.25) is 0 Å². The van der Waals surface area contributed by atoms with E-state index in [-0.39, 0.29) is 6.03 Å². The molecule has 3 nitrogen and oxygen atoms in total. The SMILES string of the molecule is CC(C)CNC(=O)NC1CCCCCCCCCCC1. The van der Waals surface area contributed by atoms with Crippen LogP contribution in [-0.2, 0) is 0 Å². The Hall–Kier alpha value is -0.730. The maximum Gasteiger partial charge on any atom is 0.315 e. The lowest BCUT2D eigenvalue weighted by atomic mass is 9.98. The van der Waals surface area contributed by atoms with Crippen molar-refractivity contribution in [2.24, 2.45) is 5.92 Å². The van der Waals surface area contributed by atoms with Crippen molar-refractivity contribution >= 4 is 6.03 Å². The van der Waals surface area contributed by atoms with Gasteiger partial charge in [0.15, 0.2) is 0 Å². The van der Waals surface area contributed by atoms with E-state index in [9.17, 15) is 4.79 Å². The van der Waals surface area contributed by atoms with Gasteiger partial charge in [-0.25, -0.2) is 4.79 Å². The molecule has 0 heterocycles. The van der Waals surface area contributed by atoms with Crippen LogP contribution in [-0.4, -0.2) is 18.6 Å². The van der Waals surface area contributed by atoms with Gasteiger partial charge in [-0.15, -0.1) is 0 Å². The minimum atomic E-state index is 0.0239. The predicted molar refractivity (Wildman–Crippen MR) is 85.9 cm³/mol. The molecule has 0 aromatic rings. The summed E-state index contributed by atoms with van der Waals surface area (Å²) in [5.74, 6) is 0.511. The van der Waals surface area contributed by atoms with E-state index in [2.05, 4.69) is 24.5 Å². The highest BCUT2D eigenvalue weighted by molar-refractivity contribution is 5.74. The number of urea groups is 1. The number of rotatable bonds is 3. The highest BCUT2D eigenvalue weighted by Gasteiger charge is 2.12. The summed E-state index contributed by atoms with van der Waals surface area (Å²) in [6.07, 6.45) is 14.4. The largest absolute Gasteiger partial charge is 0.338 e. The van der Waals surface area contributed by atoms with Crippen LogP contribution < -0.4 is 10.6 Å². The van der Waals surface area contributed by atoms with E-state index in [4.69, 9.17) is 0 Å². The second-order valence-electron chi connectivity index (χ2n) is 6.70. The number of hydrogen-bond acceptors (Lipinski definition) is 1. The molecule has 1 aliphatic rings. The normalized spacial score (nSPS) is 19.9. The van der Waals surface area contributed by atoms with Gasteiger partial charge in [-0.05, 0) is 18.8 Å². The molecule has 2 amide bonds. The fourth-order valence-corrected chi connectivity index (χ4v) is 2.84. The Morgan fingerprint density at radius 2 is 1.35 bits per heavy atom. The number of amides is 2. The Morgan fingerprint density at radius 1 is 0.900 bits per heavy atom. The molecular formula is C17H34N2O. The average Bonchev–Trinajstić information content (AvgIpc) is 2.39. The summed E-state index contributed by atoms with van der Waals surface area (Å²) < 4.78 is 0. The van der Waals surface area contributed by atoms with Crippen LogP contribution in [0, 0.1) is 5.92 Å². The number of carbonyl (C=O) groups excluding carboxylic acids is 1. The Kier molecular flexibility index (Phi) is 9.52. The second-order valence-corrected chi connectivity index (χ2v) is 6.70. The van der Waals surface area contributed by atoms with Crippen LogP contribution in [0.3, 0.4) is 0 Å². The van der Waals surface area contributed by atoms with E-state index in [0.717, 1.165) is 19.4 Å². The first-order chi connectivity index (χ1) is 9.68. The third-order valence-corrected chi connectivity index (χ3v) is 4.11. The van der Waals surface area contributed by atoms with Gasteiger partial charge in [0.1, 0.15) is 0 Å². The molecule has 0 atom stereocenters. The lowest BCUT2D eigenvalue weighted by Gasteiger charge is -2.20. The molecule has 0 aliphatic heterocycles. The van der Waals surface area contributed by atoms with Crippen molar-refractivity contribution < 1.29 is 4.79 Å². The summed E-state index contributed by atoms with van der Waals surface area (Å²) in [5.41, 5.74) is 0. The standard InChI is InChI=1S/C17H34N2O/c1-15(2)14-18-17(20)19-16-12-10-8-6-4-3-5-7-9-11-13-16/h15-16H,3-14H2,1-2H3,(H2,18,19,20). The Balaban J connectivity index is 2.28. The predicted octanol–water partition coefficient (Wildman–Crippen LogP) is 4.61. The molecule has 0 saturated heterocycles. The molecule has 1 aliphatic carbocycles. The molecule has 2 N–H and O–H groups in total. The van der Waals surface area contributed by atoms with Gasteiger partial charge in [0.05, 0.1) is 0 Å². The van der Waals surface area contributed by atoms with E-state index in [0.29, 0.717) is 12.0 Å². The van der Waals surface area contributed by atoms with Crippen molar-refractivity contribution in [1.29, 1.82) is 0 Å². The number of nitrogens with one attached hydrogen (secondary N) is 2. The van der Waals surface area contributed by atoms with Gasteiger partial charge in [0.2, 0.25) is 0 Å². The minimum absolute atomic E-state index is 0.0239. The zero-order chi connectivity index (χ0) is 14.6. The van der Waals surface area contributed by atoms with E-state index in [1.807, 2.05) is 0 Å². The Bertz CT molecular complexity index is 241. The van der Waals surface area contributed by atoms with Gasteiger partial charge in [0, 0.05) is 12.6 Å². The van der Waals surface area contributed by atoms with Crippen LogP contribution in [0.15, 0.2) is 0 Å². The van der Waals surface area contributed by atoms with Crippen molar-refractivity contribution in [2.45, 2.75) is 90.5 Å². The first-order valence-electron chi connectivity index (χ1n) is 8.73. The molecule has 118 valence electrons. The topological polar surface area (TPSA) is 41.1 Å². The molecule has 1 fully saturated rings. The molecule has 0 radical (unpaired) electrons. The summed E-state index contributed by atoms with van der Waals surface area (Å²) in [7, 11) is 0. The molecule has 0 unspecified atom stereocenters. The lowest BCUT2D eigenvalue weighted by Crippen LogP contribution is -2.43. The Labute approximate surface area is 125 Å². The van der Waals surface area contributed by atoms with Crippen molar-refractivity contribution in [2.75, 3.05) is 6.54 Å². The van der Waals surface area contributed by atoms with Crippen LogP contribution in [0.5, 0.6) is 0 Å². The maximum absolute atomic E-state index is 11.9. The minimum Gasteiger partial charge on any atom is -0.338 e. The molecule has 1 saturated carbocycles. The third-order valence-electron chi connectivity index (χ3n) is 4.11. The van der Waals surface area contributed by atoms with Crippen molar-refractivity contribution in [1.82, 2.24) is 10.6 Å². The van der Waals surface area contributed by atoms with Crippen LogP contribution >= 0.6 is 0 Å². The van der Waals surface area contributed by atoms with Gasteiger partial charge in [0.25, 0.3) is 0 Å². The van der Waals surface area contributed by atoms with E-state index in [1.54, 1.807) is 0 Å². The summed E-state index contributed by atoms with van der Waals surface area (Å²) in [6, 6.07) is 0.400. The first-order valence-corrected chi connectivity index (χ1v) is 8.73. The van der Waals surface area contributed by atoms with Crippen LogP contribution in [0.25, 0.3) is 0 Å². The highest BCUT2D eigenvalue weighted by Crippen LogP contribution is 2.16. The van der Waals surface area contributed by atoms with Gasteiger partial charge in [-0.2, -0.15) is 0 Å². The highest BCUT2D eigenvalue weighted by atomic mass is 16.2. The van der Waals surface area contributed by atoms with Gasteiger partial charge >= 0.3 is 6.03 Å². The molecule has 0 spiro atoms. The number of hydrogen-bond donors (Lipinski definition) is 2. The van der Waals surface area contributed by atoms with Crippen LogP contribution in [0.4, 0.5) is 4.79 Å². The lowest BCUT2D eigenvalue weighted by molar-refractivity contribution is 0.233. The zero-order valence-corrected chi connectivity index (χ0v) is 13.5. The quantitative estimate of drug-likeness (QED) is 0.779. The maximum atomic E-state index is 11.9. The first kappa shape index (κ1) is 17.3. The van der Waals surface area contributed by atoms with E-state index >= 15 is 0 Å². The summed E-state index contributed by atoms with van der Waals surface area (Å²) in [4.78, 5) is 11.9. The van der Waals surface area contributed by atoms with Gasteiger partial charge < -0.3 is 10.6 Å². The fraction of sp³-hybridized carbons (Fsp3) is 0.941. The van der Waals surface area contributed by atoms with Crippen molar-refractivity contribution in [3.8, 4) is 0 Å². The van der Waals surface area contributed by atoms with Gasteiger partial charge in [-0.1, -0.05) is 71.6 Å².